The summed E-state index contributed by atoms with van der Waals surface area (Å²) in [7, 11) is 0. The number of rotatable bonds is 4. The van der Waals surface area contributed by atoms with Crippen LogP contribution in [0.15, 0.2) is 24.3 Å². The number of carbonyl (C=O) groups is 2. The van der Waals surface area contributed by atoms with Crippen molar-refractivity contribution < 1.29 is 19.4 Å². The van der Waals surface area contributed by atoms with Crippen molar-refractivity contribution in [2.24, 2.45) is 11.8 Å². The molecule has 0 radical (unpaired) electrons. The van der Waals surface area contributed by atoms with Crippen molar-refractivity contribution >= 4 is 11.9 Å². The van der Waals surface area contributed by atoms with Gasteiger partial charge in [-0.2, -0.15) is 0 Å². The van der Waals surface area contributed by atoms with E-state index in [-0.39, 0.29) is 11.8 Å². The summed E-state index contributed by atoms with van der Waals surface area (Å²) in [5.41, 5.74) is -2.28. The summed E-state index contributed by atoms with van der Waals surface area (Å²) >= 11 is 0. The Labute approximate surface area is 130 Å². The Kier molecular flexibility index (Phi) is 3.63. The normalized spacial score (nSPS) is 41.8. The highest BCUT2D eigenvalue weighted by atomic mass is 16.6. The summed E-state index contributed by atoms with van der Waals surface area (Å²) in [4.78, 5) is 24.6. The Morgan fingerprint density at radius 3 is 2.91 bits per heavy atom. The predicted molar refractivity (Wildman–Crippen MR) is 80.8 cm³/mol. The fraction of sp³-hybridized carbons (Fsp3) is 0.647. The van der Waals surface area contributed by atoms with Crippen molar-refractivity contribution in [3.05, 3.63) is 24.3 Å². The third kappa shape index (κ3) is 1.81. The van der Waals surface area contributed by atoms with Crippen molar-refractivity contribution in [3.8, 4) is 0 Å². The monoisotopic (exact) mass is 305 g/mol. The van der Waals surface area contributed by atoms with Gasteiger partial charge in [-0.1, -0.05) is 24.3 Å². The van der Waals surface area contributed by atoms with E-state index in [1.165, 1.54) is 0 Å². The maximum atomic E-state index is 12.4. The number of ether oxygens (including phenoxy) is 1. The lowest BCUT2D eigenvalue weighted by Gasteiger charge is -2.54. The van der Waals surface area contributed by atoms with Gasteiger partial charge in [-0.25, -0.2) is 4.79 Å². The molecule has 2 fully saturated rings. The lowest BCUT2D eigenvalue weighted by molar-refractivity contribution is -0.237. The minimum atomic E-state index is -1.30. The van der Waals surface area contributed by atoms with Crippen LogP contribution < -0.4 is 5.32 Å². The van der Waals surface area contributed by atoms with Gasteiger partial charge in [0.25, 0.3) is 0 Å². The van der Waals surface area contributed by atoms with Crippen LogP contribution in [-0.4, -0.2) is 34.2 Å². The number of carbonyl (C=O) groups excluding carboxylic acids is 2. The van der Waals surface area contributed by atoms with E-state index in [1.54, 1.807) is 6.92 Å². The number of amides is 1. The molecule has 5 atom stereocenters. The van der Waals surface area contributed by atoms with Crippen LogP contribution >= 0.6 is 0 Å². The molecule has 0 aromatic rings. The van der Waals surface area contributed by atoms with E-state index in [9.17, 15) is 14.7 Å². The number of aliphatic hydroxyl groups excluding tert-OH is 1. The number of aliphatic hydroxyl groups is 1. The second kappa shape index (κ2) is 5.23. The van der Waals surface area contributed by atoms with E-state index in [0.717, 1.165) is 19.3 Å². The quantitative estimate of drug-likeness (QED) is 0.609. The van der Waals surface area contributed by atoms with Crippen LogP contribution in [0.2, 0.25) is 0 Å². The smallest absolute Gasteiger partial charge is 0.339 e. The molecule has 3 aliphatic rings. The fourth-order valence-electron chi connectivity index (χ4n) is 4.08. The van der Waals surface area contributed by atoms with Gasteiger partial charge in [0.15, 0.2) is 5.60 Å². The van der Waals surface area contributed by atoms with E-state index >= 15 is 0 Å². The number of esters is 1. The highest BCUT2D eigenvalue weighted by molar-refractivity contribution is 6.02. The summed E-state index contributed by atoms with van der Waals surface area (Å²) in [6, 6.07) is 0. The summed E-state index contributed by atoms with van der Waals surface area (Å²) in [5.74, 6) is -1.31. The summed E-state index contributed by atoms with van der Waals surface area (Å²) in [5, 5.41) is 13.6. The van der Waals surface area contributed by atoms with Gasteiger partial charge in [-0.05, 0) is 39.5 Å². The molecule has 1 aliphatic carbocycles. The minimum Gasteiger partial charge on any atom is -0.453 e. The van der Waals surface area contributed by atoms with E-state index < -0.39 is 29.1 Å². The first-order chi connectivity index (χ1) is 10.5. The second-order valence-corrected chi connectivity index (χ2v) is 6.62. The zero-order valence-electron chi connectivity index (χ0n) is 13.0. The van der Waals surface area contributed by atoms with Crippen molar-refractivity contribution in [2.45, 2.75) is 56.8 Å². The van der Waals surface area contributed by atoms with Crippen LogP contribution in [0, 0.1) is 11.8 Å². The van der Waals surface area contributed by atoms with E-state index in [1.807, 2.05) is 31.2 Å². The number of allylic oxidation sites excluding steroid dienone is 3. The van der Waals surface area contributed by atoms with Gasteiger partial charge in [-0.15, -0.1) is 0 Å². The Hall–Kier alpha value is -1.62. The molecule has 0 aromatic heterocycles. The molecular formula is C17H23NO4. The van der Waals surface area contributed by atoms with Gasteiger partial charge < -0.3 is 15.2 Å². The molecule has 120 valence electrons. The summed E-state index contributed by atoms with van der Waals surface area (Å²) in [6.07, 6.45) is 10.1. The Balaban J connectivity index is 1.93. The van der Waals surface area contributed by atoms with Gasteiger partial charge in [0.1, 0.15) is 0 Å². The van der Waals surface area contributed by atoms with Gasteiger partial charge in [0, 0.05) is 5.92 Å². The standard InChI is InChI=1S/C17H23NO4/c1-3-4-10-12-14(20)18-17(15(21)22-16(12,17)2)13(19)11-8-6-5-7-9-11/h3-4,6,8,11-13,19H,5,7,9-10H2,1-2H3,(H,18,20)/b4-3+. The maximum absolute atomic E-state index is 12.4. The Morgan fingerprint density at radius 2 is 2.32 bits per heavy atom. The van der Waals surface area contributed by atoms with Crippen molar-refractivity contribution in [1.82, 2.24) is 5.32 Å². The molecule has 2 heterocycles. The molecule has 5 heteroatoms. The average molecular weight is 305 g/mol. The first kappa shape index (κ1) is 15.3. The molecule has 0 spiro atoms. The lowest BCUT2D eigenvalue weighted by atomic mass is 9.64. The van der Waals surface area contributed by atoms with E-state index in [2.05, 4.69) is 5.32 Å². The molecule has 5 unspecified atom stereocenters. The molecule has 2 N–H and O–H groups in total. The van der Waals surface area contributed by atoms with Crippen LogP contribution in [0.25, 0.3) is 0 Å². The Morgan fingerprint density at radius 1 is 1.55 bits per heavy atom. The van der Waals surface area contributed by atoms with Crippen LogP contribution in [0.1, 0.15) is 39.5 Å². The summed E-state index contributed by atoms with van der Waals surface area (Å²) in [6.45, 7) is 3.65. The number of fused-ring (bicyclic) bond motifs is 1. The molecule has 2 aliphatic heterocycles. The topological polar surface area (TPSA) is 75.6 Å². The molecule has 22 heavy (non-hydrogen) atoms. The number of hydrogen-bond donors (Lipinski definition) is 2. The molecule has 1 amide bonds. The first-order valence-corrected chi connectivity index (χ1v) is 7.98. The average Bonchev–Trinajstić information content (AvgIpc) is 2.69. The van der Waals surface area contributed by atoms with Crippen LogP contribution in [0.5, 0.6) is 0 Å². The largest absolute Gasteiger partial charge is 0.453 e. The predicted octanol–water partition coefficient (Wildman–Crippen LogP) is 1.47. The SMILES string of the molecule is C/C=C/CC1C(=O)NC2(C(O)C3C=CCCC3)C(=O)OC12C. The summed E-state index contributed by atoms with van der Waals surface area (Å²) < 4.78 is 5.41. The maximum Gasteiger partial charge on any atom is 0.339 e. The minimum absolute atomic E-state index is 0.123. The van der Waals surface area contributed by atoms with Crippen molar-refractivity contribution in [3.63, 3.8) is 0 Å². The highest BCUT2D eigenvalue weighted by Crippen LogP contribution is 2.53. The van der Waals surface area contributed by atoms with Gasteiger partial charge in [-0.3, -0.25) is 4.79 Å². The van der Waals surface area contributed by atoms with Gasteiger partial charge >= 0.3 is 5.97 Å². The zero-order valence-corrected chi connectivity index (χ0v) is 13.0. The van der Waals surface area contributed by atoms with Crippen LogP contribution in [0.4, 0.5) is 0 Å². The molecule has 2 saturated heterocycles. The van der Waals surface area contributed by atoms with E-state index in [4.69, 9.17) is 4.74 Å². The Bertz CT molecular complexity index is 555. The zero-order chi connectivity index (χ0) is 16.0. The number of hydrogen-bond acceptors (Lipinski definition) is 4. The van der Waals surface area contributed by atoms with Crippen molar-refractivity contribution in [1.29, 1.82) is 0 Å². The van der Waals surface area contributed by atoms with Crippen LogP contribution in [0.3, 0.4) is 0 Å². The molecule has 0 saturated carbocycles. The lowest BCUT2D eigenvalue weighted by Crippen LogP contribution is -2.80. The molecular weight excluding hydrogens is 282 g/mol. The third-order valence-electron chi connectivity index (χ3n) is 5.46. The number of nitrogens with one attached hydrogen (secondary N) is 1. The fourth-order valence-corrected chi connectivity index (χ4v) is 4.08. The van der Waals surface area contributed by atoms with Gasteiger partial charge in [0.05, 0.1) is 12.0 Å². The van der Waals surface area contributed by atoms with Crippen LogP contribution in [-0.2, 0) is 14.3 Å². The third-order valence-corrected chi connectivity index (χ3v) is 5.46. The second-order valence-electron chi connectivity index (χ2n) is 6.62. The molecule has 0 bridgehead atoms. The molecule has 3 rings (SSSR count). The van der Waals surface area contributed by atoms with Gasteiger partial charge in [0.2, 0.25) is 11.4 Å². The first-order valence-electron chi connectivity index (χ1n) is 7.98. The van der Waals surface area contributed by atoms with E-state index in [0.29, 0.717) is 6.42 Å². The highest BCUT2D eigenvalue weighted by Gasteiger charge is 2.79. The molecule has 5 nitrogen and oxygen atoms in total. The molecule has 0 aromatic carbocycles. The van der Waals surface area contributed by atoms with Crippen molar-refractivity contribution in [2.75, 3.05) is 0 Å².